The molecule has 1 fully saturated rings. The highest BCUT2D eigenvalue weighted by Gasteiger charge is 2.29. The number of hydrogen-bond donors (Lipinski definition) is 2. The summed E-state index contributed by atoms with van der Waals surface area (Å²) in [7, 11) is 0. The van der Waals surface area contributed by atoms with E-state index in [1.165, 1.54) is 6.07 Å². The maximum Gasteiger partial charge on any atom is 0.150 e. The van der Waals surface area contributed by atoms with Gasteiger partial charge in [0.15, 0.2) is 0 Å². The average Bonchev–Trinajstić information content (AvgIpc) is 3.41. The lowest BCUT2D eigenvalue weighted by Gasteiger charge is -2.38. The second-order valence-corrected chi connectivity index (χ2v) is 9.43. The number of rotatable bonds is 6. The summed E-state index contributed by atoms with van der Waals surface area (Å²) in [5.74, 6) is 0.874. The Kier molecular flexibility index (Phi) is 5.65. The summed E-state index contributed by atoms with van der Waals surface area (Å²) >= 11 is 1.60. The lowest BCUT2D eigenvalue weighted by Crippen LogP contribution is -2.45. The van der Waals surface area contributed by atoms with Gasteiger partial charge >= 0.3 is 0 Å². The molecule has 5 nitrogen and oxygen atoms in total. The van der Waals surface area contributed by atoms with E-state index in [0.29, 0.717) is 24.0 Å². The number of thiazole rings is 1. The second kappa shape index (κ2) is 8.57. The van der Waals surface area contributed by atoms with Gasteiger partial charge in [-0.05, 0) is 56.6 Å². The Labute approximate surface area is 184 Å². The second-order valence-electron chi connectivity index (χ2n) is 8.36. The summed E-state index contributed by atoms with van der Waals surface area (Å²) in [5.41, 5.74) is 1.51. The number of aromatic nitrogens is 2. The van der Waals surface area contributed by atoms with E-state index in [9.17, 15) is 9.50 Å². The number of piperidine rings is 1. The predicted molar refractivity (Wildman–Crippen MR) is 122 cm³/mol. The first-order valence-corrected chi connectivity index (χ1v) is 11.6. The smallest absolute Gasteiger partial charge is 0.150 e. The van der Waals surface area contributed by atoms with Gasteiger partial charge < -0.3 is 14.8 Å². The number of likely N-dealkylation sites (tertiary alicyclic amines) is 1. The molecule has 1 aliphatic heterocycles. The van der Waals surface area contributed by atoms with Gasteiger partial charge in [-0.25, -0.2) is 9.37 Å². The van der Waals surface area contributed by atoms with Gasteiger partial charge in [-0.2, -0.15) is 0 Å². The number of benzene rings is 2. The van der Waals surface area contributed by atoms with Crippen LogP contribution < -0.4 is 4.74 Å². The molecule has 7 heteroatoms. The Morgan fingerprint density at radius 2 is 2.16 bits per heavy atom. The summed E-state index contributed by atoms with van der Waals surface area (Å²) in [6.07, 6.45) is 3.24. The van der Waals surface area contributed by atoms with E-state index in [-0.39, 0.29) is 12.4 Å². The fourth-order valence-electron chi connectivity index (χ4n) is 4.51. The van der Waals surface area contributed by atoms with Gasteiger partial charge in [0.1, 0.15) is 29.8 Å². The molecule has 1 saturated heterocycles. The third-order valence-electron chi connectivity index (χ3n) is 6.18. The van der Waals surface area contributed by atoms with Gasteiger partial charge in [-0.15, -0.1) is 11.3 Å². The van der Waals surface area contributed by atoms with Crippen molar-refractivity contribution in [3.05, 3.63) is 59.5 Å². The van der Waals surface area contributed by atoms with E-state index in [0.717, 1.165) is 45.7 Å². The topological polar surface area (TPSA) is 61.4 Å². The number of aromatic amines is 1. The van der Waals surface area contributed by atoms with Crippen molar-refractivity contribution in [1.29, 1.82) is 0 Å². The summed E-state index contributed by atoms with van der Waals surface area (Å²) in [6, 6.07) is 13.3. The van der Waals surface area contributed by atoms with Gasteiger partial charge in [-0.1, -0.05) is 12.1 Å². The van der Waals surface area contributed by atoms with E-state index in [1.807, 2.05) is 36.5 Å². The molecule has 3 heterocycles. The number of β-amino-alcohol motifs (C(OH)–C–C–N with tert-alkyl or cyclic N) is 1. The summed E-state index contributed by atoms with van der Waals surface area (Å²) in [5, 5.41) is 12.6. The standard InChI is InChI=1S/C24H26FN3O2S/c1-15-12-16(24-27-23-19(25)4-2-7-22(23)31-24)9-11-28(15)13-17(29)14-30-21-6-3-5-20-18(21)8-10-26-20/h2-8,10,15-17,26,29H,9,11-14H2,1H3/t15-,16+,17-/m0/s1. The van der Waals surface area contributed by atoms with Gasteiger partial charge in [0.2, 0.25) is 0 Å². The molecule has 31 heavy (non-hydrogen) atoms. The number of ether oxygens (including phenoxy) is 1. The summed E-state index contributed by atoms with van der Waals surface area (Å²) in [4.78, 5) is 10.1. The van der Waals surface area contributed by atoms with E-state index >= 15 is 0 Å². The van der Waals surface area contributed by atoms with Crippen LogP contribution in [-0.2, 0) is 0 Å². The van der Waals surface area contributed by atoms with E-state index in [1.54, 1.807) is 17.4 Å². The van der Waals surface area contributed by atoms with Crippen LogP contribution in [0.3, 0.4) is 0 Å². The largest absolute Gasteiger partial charge is 0.490 e. The minimum atomic E-state index is -0.565. The van der Waals surface area contributed by atoms with E-state index in [4.69, 9.17) is 4.74 Å². The van der Waals surface area contributed by atoms with Crippen molar-refractivity contribution in [1.82, 2.24) is 14.9 Å². The van der Waals surface area contributed by atoms with Crippen LogP contribution >= 0.6 is 11.3 Å². The Morgan fingerprint density at radius 1 is 1.29 bits per heavy atom. The molecule has 2 aromatic heterocycles. The number of aliphatic hydroxyl groups excluding tert-OH is 1. The van der Waals surface area contributed by atoms with Crippen LogP contribution in [0.1, 0.15) is 30.7 Å². The summed E-state index contributed by atoms with van der Waals surface area (Å²) in [6.45, 7) is 3.91. The monoisotopic (exact) mass is 439 g/mol. The van der Waals surface area contributed by atoms with Crippen LogP contribution in [0.2, 0.25) is 0 Å². The lowest BCUT2D eigenvalue weighted by atomic mass is 9.92. The molecule has 3 atom stereocenters. The Bertz CT molecular complexity index is 1190. The molecule has 0 spiro atoms. The van der Waals surface area contributed by atoms with Gasteiger partial charge in [0.05, 0.1) is 9.71 Å². The van der Waals surface area contributed by atoms with Crippen LogP contribution in [-0.4, -0.2) is 51.8 Å². The third kappa shape index (κ3) is 4.18. The molecule has 0 saturated carbocycles. The molecule has 162 valence electrons. The number of halogens is 1. The molecule has 4 aromatic rings. The lowest BCUT2D eigenvalue weighted by molar-refractivity contribution is 0.0405. The number of nitrogens with one attached hydrogen (secondary N) is 1. The zero-order chi connectivity index (χ0) is 21.4. The number of aliphatic hydroxyl groups is 1. The van der Waals surface area contributed by atoms with Crippen molar-refractivity contribution >= 4 is 32.5 Å². The zero-order valence-corrected chi connectivity index (χ0v) is 18.2. The molecule has 2 aromatic carbocycles. The SMILES string of the molecule is C[C@H]1C[C@H](c2nc3c(F)cccc3s2)CCN1C[C@H](O)COc1cccc2[nH]ccc12. The normalized spacial score (nSPS) is 21.0. The molecule has 0 aliphatic carbocycles. The maximum absolute atomic E-state index is 14.0. The first-order valence-electron chi connectivity index (χ1n) is 10.7. The van der Waals surface area contributed by atoms with Crippen molar-refractivity contribution in [3.63, 3.8) is 0 Å². The van der Waals surface area contributed by atoms with Crippen LogP contribution in [0.15, 0.2) is 48.7 Å². The highest BCUT2D eigenvalue weighted by atomic mass is 32.1. The van der Waals surface area contributed by atoms with Crippen molar-refractivity contribution in [3.8, 4) is 5.75 Å². The molecule has 2 N–H and O–H groups in total. The highest BCUT2D eigenvalue weighted by molar-refractivity contribution is 7.18. The fraction of sp³-hybridized carbons (Fsp3) is 0.375. The highest BCUT2D eigenvalue weighted by Crippen LogP contribution is 2.36. The Morgan fingerprint density at radius 3 is 3.00 bits per heavy atom. The fourth-order valence-corrected chi connectivity index (χ4v) is 5.64. The van der Waals surface area contributed by atoms with E-state index < -0.39 is 6.10 Å². The molecule has 0 amide bonds. The number of H-pyrrole nitrogens is 1. The van der Waals surface area contributed by atoms with Gasteiger partial charge in [-0.3, -0.25) is 4.90 Å². The minimum absolute atomic E-state index is 0.246. The zero-order valence-electron chi connectivity index (χ0n) is 17.4. The molecule has 0 bridgehead atoms. The minimum Gasteiger partial charge on any atom is -0.490 e. The Balaban J connectivity index is 1.18. The molecular formula is C24H26FN3O2S. The number of fused-ring (bicyclic) bond motifs is 2. The van der Waals surface area contributed by atoms with Crippen LogP contribution in [0.4, 0.5) is 4.39 Å². The molecule has 1 aliphatic rings. The van der Waals surface area contributed by atoms with Crippen molar-refractivity contribution in [2.24, 2.45) is 0 Å². The molecule has 5 rings (SSSR count). The van der Waals surface area contributed by atoms with E-state index in [2.05, 4.69) is 21.8 Å². The molecule has 0 unspecified atom stereocenters. The number of para-hydroxylation sites is 1. The first kappa shape index (κ1) is 20.4. The van der Waals surface area contributed by atoms with Gasteiger partial charge in [0, 0.05) is 35.6 Å². The molecule has 0 radical (unpaired) electrons. The first-order chi connectivity index (χ1) is 15.1. The Hall–Kier alpha value is -2.48. The molecular weight excluding hydrogens is 413 g/mol. The van der Waals surface area contributed by atoms with Crippen LogP contribution in [0, 0.1) is 5.82 Å². The predicted octanol–water partition coefficient (Wildman–Crippen LogP) is 4.92. The van der Waals surface area contributed by atoms with Crippen LogP contribution in [0.25, 0.3) is 21.1 Å². The summed E-state index contributed by atoms with van der Waals surface area (Å²) < 4.78 is 20.8. The van der Waals surface area contributed by atoms with Crippen molar-refractivity contribution < 1.29 is 14.2 Å². The van der Waals surface area contributed by atoms with Gasteiger partial charge in [0.25, 0.3) is 0 Å². The van der Waals surface area contributed by atoms with Crippen molar-refractivity contribution in [2.45, 2.75) is 37.8 Å². The number of nitrogens with zero attached hydrogens (tertiary/aromatic N) is 2. The van der Waals surface area contributed by atoms with Crippen molar-refractivity contribution in [2.75, 3.05) is 19.7 Å². The third-order valence-corrected chi connectivity index (χ3v) is 7.36. The van der Waals surface area contributed by atoms with Crippen LogP contribution in [0.5, 0.6) is 5.75 Å². The number of hydrogen-bond acceptors (Lipinski definition) is 5. The maximum atomic E-state index is 14.0. The average molecular weight is 440 g/mol. The quantitative estimate of drug-likeness (QED) is 0.447.